The van der Waals surface area contributed by atoms with Gasteiger partial charge in [-0.25, -0.2) is 5.43 Å². The number of rotatable bonds is 10. The van der Waals surface area contributed by atoms with Gasteiger partial charge in [0.2, 0.25) is 0 Å². The summed E-state index contributed by atoms with van der Waals surface area (Å²) >= 11 is 1.40. The van der Waals surface area contributed by atoms with Gasteiger partial charge in [0.1, 0.15) is 12.4 Å². The highest BCUT2D eigenvalue weighted by atomic mass is 32.2. The fourth-order valence-corrected chi connectivity index (χ4v) is 5.51. The number of hydrogen-bond acceptors (Lipinski definition) is 6. The number of ether oxygens (including phenoxy) is 1. The van der Waals surface area contributed by atoms with E-state index in [4.69, 9.17) is 4.74 Å². The minimum absolute atomic E-state index is 0.192. The number of aryl methyl sites for hydroxylation is 1. The van der Waals surface area contributed by atoms with Gasteiger partial charge in [-0.3, -0.25) is 9.36 Å². The van der Waals surface area contributed by atoms with Crippen LogP contribution >= 0.6 is 11.8 Å². The van der Waals surface area contributed by atoms with Gasteiger partial charge in [0, 0.05) is 11.6 Å². The molecule has 1 saturated carbocycles. The molecule has 0 aliphatic heterocycles. The Morgan fingerprint density at radius 2 is 1.82 bits per heavy atom. The summed E-state index contributed by atoms with van der Waals surface area (Å²) in [6, 6.07) is 26.4. The molecule has 5 rings (SSSR count). The summed E-state index contributed by atoms with van der Waals surface area (Å²) in [6.07, 6.45) is 7.51. The second kappa shape index (κ2) is 13.2. The molecule has 0 spiro atoms. The fourth-order valence-electron chi connectivity index (χ4n) is 4.71. The quantitative estimate of drug-likeness (QED) is 0.140. The Kier molecular flexibility index (Phi) is 9.06. The van der Waals surface area contributed by atoms with Crippen LogP contribution < -0.4 is 10.2 Å². The van der Waals surface area contributed by atoms with Gasteiger partial charge in [-0.15, -0.1) is 10.2 Å². The summed E-state index contributed by atoms with van der Waals surface area (Å²) in [7, 11) is 0. The third-order valence-electron chi connectivity index (χ3n) is 6.76. The van der Waals surface area contributed by atoms with E-state index in [2.05, 4.69) is 56.5 Å². The first kappa shape index (κ1) is 26.7. The highest BCUT2D eigenvalue weighted by Crippen LogP contribution is 2.35. The number of amides is 1. The molecule has 8 heteroatoms. The number of thioether (sulfide) groups is 1. The number of nitrogens with zero attached hydrogens (tertiary/aromatic N) is 4. The zero-order valence-corrected chi connectivity index (χ0v) is 22.9. The maximum atomic E-state index is 12.6. The predicted octanol–water partition coefficient (Wildman–Crippen LogP) is 6.58. The molecule has 1 amide bonds. The van der Waals surface area contributed by atoms with E-state index in [0.29, 0.717) is 12.6 Å². The van der Waals surface area contributed by atoms with Gasteiger partial charge in [0.25, 0.3) is 5.91 Å². The zero-order chi connectivity index (χ0) is 26.9. The number of hydrogen-bond donors (Lipinski definition) is 1. The van der Waals surface area contributed by atoms with Crippen molar-refractivity contribution in [3.05, 3.63) is 95.6 Å². The molecule has 7 nitrogen and oxygen atoms in total. The summed E-state index contributed by atoms with van der Waals surface area (Å²) in [5.74, 6) is 1.63. The summed E-state index contributed by atoms with van der Waals surface area (Å²) in [5, 5.41) is 13.9. The van der Waals surface area contributed by atoms with Crippen molar-refractivity contribution in [1.29, 1.82) is 0 Å². The lowest BCUT2D eigenvalue weighted by molar-refractivity contribution is -0.118. The lowest BCUT2D eigenvalue weighted by atomic mass is 9.95. The molecule has 4 aromatic rings. The average molecular weight is 540 g/mol. The van der Waals surface area contributed by atoms with E-state index in [9.17, 15) is 4.79 Å². The van der Waals surface area contributed by atoms with Crippen molar-refractivity contribution in [3.63, 3.8) is 0 Å². The van der Waals surface area contributed by atoms with E-state index in [1.807, 2.05) is 54.6 Å². The summed E-state index contributed by atoms with van der Waals surface area (Å²) in [5.41, 5.74) is 6.84. The van der Waals surface area contributed by atoms with Crippen molar-refractivity contribution in [2.45, 2.75) is 56.8 Å². The van der Waals surface area contributed by atoms with Crippen molar-refractivity contribution in [2.75, 3.05) is 5.75 Å². The third-order valence-corrected chi connectivity index (χ3v) is 7.70. The summed E-state index contributed by atoms with van der Waals surface area (Å²) in [4.78, 5) is 12.6. The van der Waals surface area contributed by atoms with Crippen LogP contribution in [0.4, 0.5) is 0 Å². The van der Waals surface area contributed by atoms with Crippen LogP contribution in [0.25, 0.3) is 11.4 Å². The first-order valence-corrected chi connectivity index (χ1v) is 14.4. The first-order chi connectivity index (χ1) is 19.2. The van der Waals surface area contributed by atoms with E-state index in [0.717, 1.165) is 46.3 Å². The van der Waals surface area contributed by atoms with E-state index < -0.39 is 0 Å². The molecular weight excluding hydrogens is 506 g/mol. The van der Waals surface area contributed by atoms with Crippen LogP contribution in [0.1, 0.15) is 54.8 Å². The normalized spacial score (nSPS) is 14.0. The molecule has 1 aliphatic carbocycles. The van der Waals surface area contributed by atoms with Gasteiger partial charge in [0.15, 0.2) is 11.0 Å². The average Bonchev–Trinajstić information content (AvgIpc) is 3.41. The van der Waals surface area contributed by atoms with Crippen LogP contribution in [0.15, 0.2) is 89.1 Å². The van der Waals surface area contributed by atoms with Crippen LogP contribution in [-0.2, 0) is 11.4 Å². The molecule has 0 bridgehead atoms. The number of aromatic nitrogens is 3. The second-order valence-corrected chi connectivity index (χ2v) is 10.7. The Bertz CT molecular complexity index is 1400. The van der Waals surface area contributed by atoms with Crippen molar-refractivity contribution in [2.24, 2.45) is 5.10 Å². The minimum atomic E-state index is -0.192. The van der Waals surface area contributed by atoms with Crippen molar-refractivity contribution in [3.8, 4) is 17.1 Å². The van der Waals surface area contributed by atoms with Gasteiger partial charge < -0.3 is 4.74 Å². The Morgan fingerprint density at radius 3 is 2.62 bits per heavy atom. The van der Waals surface area contributed by atoms with E-state index in [1.54, 1.807) is 6.21 Å². The van der Waals surface area contributed by atoms with E-state index in [-0.39, 0.29) is 11.7 Å². The zero-order valence-electron chi connectivity index (χ0n) is 22.1. The second-order valence-electron chi connectivity index (χ2n) is 9.76. The Labute approximate surface area is 233 Å². The number of benzene rings is 3. The standard InChI is InChI=1S/C31H33N5O2S/c1-23-15-17-26(18-16-23)30-34-35-31(36(30)27-12-6-3-7-13-27)39-22-29(37)33-32-20-25-11-8-14-28(19-25)38-21-24-9-4-2-5-10-24/h2,4-5,8-11,14-20,27H,3,6-7,12-13,21-22H2,1H3,(H,33,37)/b32-20-. The van der Waals surface area contributed by atoms with Crippen LogP contribution in [0.2, 0.25) is 0 Å². The smallest absolute Gasteiger partial charge is 0.250 e. The lowest BCUT2D eigenvalue weighted by Crippen LogP contribution is -2.20. The highest BCUT2D eigenvalue weighted by molar-refractivity contribution is 7.99. The molecule has 1 N–H and O–H groups in total. The van der Waals surface area contributed by atoms with Crippen LogP contribution in [0, 0.1) is 6.92 Å². The van der Waals surface area contributed by atoms with Crippen molar-refractivity contribution < 1.29 is 9.53 Å². The number of carbonyl (C=O) groups is 1. The Hall–Kier alpha value is -3.91. The third kappa shape index (κ3) is 7.35. The van der Waals surface area contributed by atoms with Crippen LogP contribution in [0.5, 0.6) is 5.75 Å². The Balaban J connectivity index is 1.19. The van der Waals surface area contributed by atoms with E-state index >= 15 is 0 Å². The molecule has 0 unspecified atom stereocenters. The number of hydrazone groups is 1. The predicted molar refractivity (Wildman–Crippen MR) is 156 cm³/mol. The van der Waals surface area contributed by atoms with Gasteiger partial charge >= 0.3 is 0 Å². The van der Waals surface area contributed by atoms with Crippen LogP contribution in [-0.4, -0.2) is 32.6 Å². The topological polar surface area (TPSA) is 81.4 Å². The molecule has 200 valence electrons. The molecular formula is C31H33N5O2S. The van der Waals surface area contributed by atoms with Crippen molar-refractivity contribution in [1.82, 2.24) is 20.2 Å². The fraction of sp³-hybridized carbons (Fsp3) is 0.290. The molecule has 1 fully saturated rings. The SMILES string of the molecule is Cc1ccc(-c2nnc(SCC(=O)N/N=C\c3cccc(OCc4ccccc4)c3)n2C2CCCCC2)cc1. The molecule has 39 heavy (non-hydrogen) atoms. The molecule has 1 aromatic heterocycles. The summed E-state index contributed by atoms with van der Waals surface area (Å²) in [6.45, 7) is 2.57. The highest BCUT2D eigenvalue weighted by Gasteiger charge is 2.24. The first-order valence-electron chi connectivity index (χ1n) is 13.4. The van der Waals surface area contributed by atoms with Crippen molar-refractivity contribution >= 4 is 23.9 Å². The van der Waals surface area contributed by atoms with Gasteiger partial charge in [-0.2, -0.15) is 5.10 Å². The molecule has 0 atom stereocenters. The number of carbonyl (C=O) groups excluding carboxylic acids is 1. The largest absolute Gasteiger partial charge is 0.489 e. The van der Waals surface area contributed by atoms with Gasteiger partial charge in [-0.1, -0.05) is 103 Å². The van der Waals surface area contributed by atoms with Gasteiger partial charge in [0.05, 0.1) is 12.0 Å². The molecule has 1 aliphatic rings. The van der Waals surface area contributed by atoms with Crippen LogP contribution in [0.3, 0.4) is 0 Å². The molecule has 1 heterocycles. The lowest BCUT2D eigenvalue weighted by Gasteiger charge is -2.25. The maximum Gasteiger partial charge on any atom is 0.250 e. The number of nitrogens with one attached hydrogen (secondary N) is 1. The molecule has 0 radical (unpaired) electrons. The maximum absolute atomic E-state index is 12.6. The molecule has 3 aromatic carbocycles. The molecule has 0 saturated heterocycles. The minimum Gasteiger partial charge on any atom is -0.489 e. The Morgan fingerprint density at radius 1 is 1.03 bits per heavy atom. The van der Waals surface area contributed by atoms with Gasteiger partial charge in [-0.05, 0) is 43.0 Å². The summed E-state index contributed by atoms with van der Waals surface area (Å²) < 4.78 is 8.12. The van der Waals surface area contributed by atoms with E-state index in [1.165, 1.54) is 36.6 Å². The monoisotopic (exact) mass is 539 g/mol.